The Hall–Kier alpha value is -3.06. The Morgan fingerprint density at radius 3 is 2.62 bits per heavy atom. The molecule has 2 fully saturated rings. The molecule has 32 heavy (non-hydrogen) atoms. The van der Waals surface area contributed by atoms with Crippen LogP contribution in [0, 0.1) is 0 Å². The predicted octanol–water partition coefficient (Wildman–Crippen LogP) is 3.63. The summed E-state index contributed by atoms with van der Waals surface area (Å²) in [6.07, 6.45) is 3.46. The molecule has 2 N–H and O–H groups in total. The number of carbonyl (C=O) groups is 3. The minimum absolute atomic E-state index is 0.0920. The summed E-state index contributed by atoms with van der Waals surface area (Å²) in [5.74, 6) is -0.253. The molecule has 0 radical (unpaired) electrons. The Morgan fingerprint density at radius 2 is 1.91 bits per heavy atom. The molecule has 1 saturated carbocycles. The van der Waals surface area contributed by atoms with Gasteiger partial charge in [0.05, 0.1) is 19.6 Å². The third-order valence-electron chi connectivity index (χ3n) is 6.11. The van der Waals surface area contributed by atoms with E-state index in [1.54, 1.807) is 60.5 Å². The van der Waals surface area contributed by atoms with Crippen LogP contribution >= 0.6 is 11.6 Å². The van der Waals surface area contributed by atoms with Crippen LogP contribution < -0.4 is 15.4 Å². The Balaban J connectivity index is 1.59. The number of rotatable bonds is 5. The zero-order valence-corrected chi connectivity index (χ0v) is 18.6. The van der Waals surface area contributed by atoms with Gasteiger partial charge < -0.3 is 20.3 Å². The van der Waals surface area contributed by atoms with Crippen molar-refractivity contribution in [2.24, 2.45) is 0 Å². The second-order valence-corrected chi connectivity index (χ2v) is 8.62. The van der Waals surface area contributed by atoms with Crippen LogP contribution in [0.1, 0.15) is 42.5 Å². The van der Waals surface area contributed by atoms with Crippen molar-refractivity contribution in [3.05, 3.63) is 59.1 Å². The molecular formula is C24H26ClN3O4. The van der Waals surface area contributed by atoms with Crippen LogP contribution in [0.25, 0.3) is 0 Å². The standard InChI is InChI=1S/C24H26ClN3O4/c1-32-18-11-9-15(10-12-18)24(31)28-20-8-3-2-7-19(20)27-23(30)21(28)14-22(29)26-17-6-4-5-16(25)13-17/h4-6,9-13,19-21H,2-3,7-8,14H2,1H3,(H,26,29)(H,27,30)/t19-,20+,21-/m0/s1. The largest absolute Gasteiger partial charge is 0.497 e. The van der Waals surface area contributed by atoms with Crippen molar-refractivity contribution < 1.29 is 19.1 Å². The van der Waals surface area contributed by atoms with Gasteiger partial charge in [-0.3, -0.25) is 14.4 Å². The van der Waals surface area contributed by atoms with Crippen molar-refractivity contribution in [1.29, 1.82) is 0 Å². The van der Waals surface area contributed by atoms with Gasteiger partial charge in [0.25, 0.3) is 5.91 Å². The molecular weight excluding hydrogens is 430 g/mol. The third-order valence-corrected chi connectivity index (χ3v) is 6.35. The minimum Gasteiger partial charge on any atom is -0.497 e. The molecule has 1 aliphatic heterocycles. The fraction of sp³-hybridized carbons (Fsp3) is 0.375. The highest BCUT2D eigenvalue weighted by Crippen LogP contribution is 2.31. The molecule has 0 bridgehead atoms. The lowest BCUT2D eigenvalue weighted by Crippen LogP contribution is -2.68. The number of fused-ring (bicyclic) bond motifs is 1. The quantitative estimate of drug-likeness (QED) is 0.720. The molecule has 4 rings (SSSR count). The summed E-state index contributed by atoms with van der Waals surface area (Å²) < 4.78 is 5.18. The van der Waals surface area contributed by atoms with Crippen LogP contribution in [-0.4, -0.2) is 47.9 Å². The first-order chi connectivity index (χ1) is 15.5. The van der Waals surface area contributed by atoms with E-state index in [0.29, 0.717) is 22.0 Å². The number of hydrogen-bond acceptors (Lipinski definition) is 4. The van der Waals surface area contributed by atoms with E-state index >= 15 is 0 Å². The number of benzene rings is 2. The van der Waals surface area contributed by atoms with Crippen molar-refractivity contribution in [2.45, 2.75) is 50.2 Å². The molecule has 3 amide bonds. The van der Waals surface area contributed by atoms with Gasteiger partial charge in [-0.25, -0.2) is 0 Å². The number of piperazine rings is 1. The van der Waals surface area contributed by atoms with Gasteiger partial charge in [0.15, 0.2) is 0 Å². The summed E-state index contributed by atoms with van der Waals surface area (Å²) in [4.78, 5) is 41.0. The highest BCUT2D eigenvalue weighted by atomic mass is 35.5. The number of methoxy groups -OCH3 is 1. The zero-order valence-electron chi connectivity index (χ0n) is 17.8. The number of nitrogens with one attached hydrogen (secondary N) is 2. The molecule has 0 unspecified atom stereocenters. The molecule has 2 aromatic rings. The molecule has 168 valence electrons. The summed E-state index contributed by atoms with van der Waals surface area (Å²) in [7, 11) is 1.56. The average Bonchev–Trinajstić information content (AvgIpc) is 2.79. The van der Waals surface area contributed by atoms with Gasteiger partial charge in [-0.15, -0.1) is 0 Å². The van der Waals surface area contributed by atoms with E-state index in [9.17, 15) is 14.4 Å². The highest BCUT2D eigenvalue weighted by molar-refractivity contribution is 6.30. The van der Waals surface area contributed by atoms with E-state index in [4.69, 9.17) is 16.3 Å². The first-order valence-electron chi connectivity index (χ1n) is 10.8. The van der Waals surface area contributed by atoms with Crippen LogP contribution in [0.5, 0.6) is 5.75 Å². The molecule has 2 aromatic carbocycles. The number of amides is 3. The molecule has 1 aliphatic carbocycles. The number of nitrogens with zero attached hydrogens (tertiary/aromatic N) is 1. The predicted molar refractivity (Wildman–Crippen MR) is 122 cm³/mol. The first-order valence-corrected chi connectivity index (χ1v) is 11.2. The summed E-state index contributed by atoms with van der Waals surface area (Å²) in [5.41, 5.74) is 1.01. The minimum atomic E-state index is -0.886. The lowest BCUT2D eigenvalue weighted by atomic mass is 9.84. The van der Waals surface area contributed by atoms with Crippen molar-refractivity contribution in [3.8, 4) is 5.75 Å². The zero-order chi connectivity index (χ0) is 22.7. The normalized spacial score (nSPS) is 22.5. The van der Waals surface area contributed by atoms with Gasteiger partial charge in [-0.05, 0) is 55.3 Å². The lowest BCUT2D eigenvalue weighted by molar-refractivity contribution is -0.135. The van der Waals surface area contributed by atoms with Crippen molar-refractivity contribution >= 4 is 35.0 Å². The number of hydrogen-bond donors (Lipinski definition) is 2. The molecule has 2 aliphatic rings. The van der Waals surface area contributed by atoms with E-state index in [2.05, 4.69) is 10.6 Å². The van der Waals surface area contributed by atoms with E-state index < -0.39 is 6.04 Å². The smallest absolute Gasteiger partial charge is 0.254 e. The lowest BCUT2D eigenvalue weighted by Gasteiger charge is -2.48. The van der Waals surface area contributed by atoms with Crippen LogP contribution in [0.3, 0.4) is 0 Å². The molecule has 8 heteroatoms. The van der Waals surface area contributed by atoms with Crippen molar-refractivity contribution in [1.82, 2.24) is 10.2 Å². The Morgan fingerprint density at radius 1 is 1.16 bits per heavy atom. The van der Waals surface area contributed by atoms with Gasteiger partial charge in [-0.2, -0.15) is 0 Å². The molecule has 1 saturated heterocycles. The fourth-order valence-electron chi connectivity index (χ4n) is 4.57. The second kappa shape index (κ2) is 9.61. The van der Waals surface area contributed by atoms with E-state index in [1.165, 1.54) is 0 Å². The second-order valence-electron chi connectivity index (χ2n) is 8.19. The van der Waals surface area contributed by atoms with E-state index in [0.717, 1.165) is 25.7 Å². The number of carbonyl (C=O) groups excluding carboxylic acids is 3. The molecule has 1 heterocycles. The topological polar surface area (TPSA) is 87.7 Å². The van der Waals surface area contributed by atoms with Gasteiger partial charge >= 0.3 is 0 Å². The van der Waals surface area contributed by atoms with Crippen molar-refractivity contribution in [3.63, 3.8) is 0 Å². The van der Waals surface area contributed by atoms with Crippen LogP contribution in [0.15, 0.2) is 48.5 Å². The van der Waals surface area contributed by atoms with E-state index in [1.807, 2.05) is 0 Å². The number of ether oxygens (including phenoxy) is 1. The van der Waals surface area contributed by atoms with Crippen LogP contribution in [0.2, 0.25) is 5.02 Å². The Bertz CT molecular complexity index is 1010. The van der Waals surface area contributed by atoms with Gasteiger partial charge in [0, 0.05) is 22.3 Å². The van der Waals surface area contributed by atoms with E-state index in [-0.39, 0.29) is 36.2 Å². The summed E-state index contributed by atoms with van der Waals surface area (Å²) in [5, 5.41) is 6.33. The number of halogens is 1. The summed E-state index contributed by atoms with van der Waals surface area (Å²) in [6, 6.07) is 12.5. The Kier molecular flexibility index (Phi) is 6.65. The van der Waals surface area contributed by atoms with Gasteiger partial charge in [0.1, 0.15) is 11.8 Å². The van der Waals surface area contributed by atoms with Gasteiger partial charge in [0.2, 0.25) is 11.8 Å². The van der Waals surface area contributed by atoms with Crippen LogP contribution in [-0.2, 0) is 9.59 Å². The average molecular weight is 456 g/mol. The van der Waals surface area contributed by atoms with Crippen LogP contribution in [0.4, 0.5) is 5.69 Å². The molecule has 3 atom stereocenters. The molecule has 0 aromatic heterocycles. The Labute approximate surface area is 192 Å². The fourth-order valence-corrected chi connectivity index (χ4v) is 4.76. The van der Waals surface area contributed by atoms with Crippen molar-refractivity contribution in [2.75, 3.05) is 12.4 Å². The summed E-state index contributed by atoms with van der Waals surface area (Å²) >= 11 is 6.00. The highest BCUT2D eigenvalue weighted by Gasteiger charge is 2.46. The SMILES string of the molecule is COc1ccc(C(=O)N2[C@@H]3CCCC[C@@H]3NC(=O)[C@@H]2CC(=O)Nc2cccc(Cl)c2)cc1. The monoisotopic (exact) mass is 455 g/mol. The third kappa shape index (κ3) is 4.72. The molecule has 7 nitrogen and oxygen atoms in total. The molecule has 0 spiro atoms. The first kappa shape index (κ1) is 22.1. The number of anilines is 1. The maximum atomic E-state index is 13.6. The summed E-state index contributed by atoms with van der Waals surface area (Å²) in [6.45, 7) is 0. The van der Waals surface area contributed by atoms with Gasteiger partial charge in [-0.1, -0.05) is 30.5 Å². The maximum Gasteiger partial charge on any atom is 0.254 e. The maximum absolute atomic E-state index is 13.6.